The van der Waals surface area contributed by atoms with Crippen molar-refractivity contribution in [3.05, 3.63) is 116 Å². The van der Waals surface area contributed by atoms with Gasteiger partial charge in [-0.05, 0) is 49.6 Å². The first kappa shape index (κ1) is 22.2. The van der Waals surface area contributed by atoms with Gasteiger partial charge in [-0.2, -0.15) is 0 Å². The summed E-state index contributed by atoms with van der Waals surface area (Å²) >= 11 is 0. The van der Waals surface area contributed by atoms with E-state index in [4.69, 9.17) is 4.74 Å². The van der Waals surface area contributed by atoms with Crippen molar-refractivity contribution in [2.24, 2.45) is 14.1 Å². The maximum Gasteiger partial charge on any atom is 0.331 e. The second kappa shape index (κ2) is 7.85. The predicted molar refractivity (Wildman–Crippen MR) is 142 cm³/mol. The molecule has 0 N–H and O–H groups in total. The Bertz CT molecular complexity index is 1800. The van der Waals surface area contributed by atoms with Crippen molar-refractivity contribution in [2.75, 3.05) is 0 Å². The summed E-state index contributed by atoms with van der Waals surface area (Å²) in [5.41, 5.74) is 7.50. The SMILES string of the molecule is Cc1ccc(-c2c3c(=O)n(C)c(=O)n(C)c3c3n2-c2cc(C)ccc2O[C@H]3c2ccccc2C)cc1. The fourth-order valence-corrected chi connectivity index (χ4v) is 5.35. The fraction of sp³-hybridized carbons (Fsp3) is 0.200. The molecule has 36 heavy (non-hydrogen) atoms. The molecular weight excluding hydrogens is 450 g/mol. The molecule has 6 heteroatoms. The van der Waals surface area contributed by atoms with Crippen molar-refractivity contribution in [1.82, 2.24) is 13.7 Å². The van der Waals surface area contributed by atoms with E-state index in [0.717, 1.165) is 50.6 Å². The largest absolute Gasteiger partial charge is 0.477 e. The topological polar surface area (TPSA) is 58.2 Å². The third-order valence-electron chi connectivity index (χ3n) is 7.25. The maximum atomic E-state index is 13.8. The molecule has 2 aromatic heterocycles. The van der Waals surface area contributed by atoms with Crippen LogP contribution in [0.4, 0.5) is 0 Å². The third-order valence-corrected chi connectivity index (χ3v) is 7.25. The molecule has 180 valence electrons. The van der Waals surface area contributed by atoms with Crippen LogP contribution in [0, 0.1) is 20.8 Å². The van der Waals surface area contributed by atoms with Crippen LogP contribution in [0.3, 0.4) is 0 Å². The highest BCUT2D eigenvalue weighted by Crippen LogP contribution is 2.47. The van der Waals surface area contributed by atoms with Crippen LogP contribution in [-0.2, 0) is 14.1 Å². The molecule has 1 aliphatic rings. The summed E-state index contributed by atoms with van der Waals surface area (Å²) in [6, 6.07) is 22.3. The van der Waals surface area contributed by atoms with Crippen molar-refractivity contribution in [1.29, 1.82) is 0 Å². The lowest BCUT2D eigenvalue weighted by Crippen LogP contribution is -2.37. The maximum absolute atomic E-state index is 13.8. The average molecular weight is 478 g/mol. The molecule has 0 saturated heterocycles. The third kappa shape index (κ3) is 3.04. The number of aromatic nitrogens is 3. The number of nitrogens with zero attached hydrogens (tertiary/aromatic N) is 3. The summed E-state index contributed by atoms with van der Waals surface area (Å²) in [6.45, 7) is 6.13. The molecular formula is C30H27N3O3. The summed E-state index contributed by atoms with van der Waals surface area (Å²) in [6.07, 6.45) is -0.499. The zero-order chi connectivity index (χ0) is 25.3. The normalized spacial score (nSPS) is 14.4. The van der Waals surface area contributed by atoms with E-state index in [1.807, 2.05) is 68.4 Å². The van der Waals surface area contributed by atoms with Crippen LogP contribution in [0.1, 0.15) is 34.1 Å². The Morgan fingerprint density at radius 1 is 0.806 bits per heavy atom. The molecule has 0 amide bonds. The molecule has 3 heterocycles. The highest BCUT2D eigenvalue weighted by Gasteiger charge is 2.36. The lowest BCUT2D eigenvalue weighted by molar-refractivity contribution is 0.228. The van der Waals surface area contributed by atoms with Gasteiger partial charge >= 0.3 is 5.69 Å². The van der Waals surface area contributed by atoms with Crippen LogP contribution in [0.5, 0.6) is 5.75 Å². The minimum atomic E-state index is -0.499. The minimum absolute atomic E-state index is 0.316. The summed E-state index contributed by atoms with van der Waals surface area (Å²) < 4.78 is 11.6. The Balaban J connectivity index is 1.88. The van der Waals surface area contributed by atoms with Crippen LogP contribution in [-0.4, -0.2) is 13.7 Å². The molecule has 3 aromatic carbocycles. The summed E-state index contributed by atoms with van der Waals surface area (Å²) in [5, 5.41) is 0.509. The van der Waals surface area contributed by atoms with E-state index in [0.29, 0.717) is 10.9 Å². The second-order valence-electron chi connectivity index (χ2n) is 9.69. The van der Waals surface area contributed by atoms with Gasteiger partial charge in [0.1, 0.15) is 5.75 Å². The minimum Gasteiger partial charge on any atom is -0.477 e. The lowest BCUT2D eigenvalue weighted by Gasteiger charge is -2.31. The molecule has 0 fully saturated rings. The molecule has 5 aromatic rings. The van der Waals surface area contributed by atoms with E-state index >= 15 is 0 Å². The van der Waals surface area contributed by atoms with Crippen LogP contribution in [0.15, 0.2) is 76.3 Å². The van der Waals surface area contributed by atoms with E-state index in [1.54, 1.807) is 11.6 Å². The molecule has 6 rings (SSSR count). The van der Waals surface area contributed by atoms with Gasteiger partial charge in [0, 0.05) is 19.7 Å². The van der Waals surface area contributed by atoms with Gasteiger partial charge in [-0.3, -0.25) is 13.9 Å². The summed E-state index contributed by atoms with van der Waals surface area (Å²) in [7, 11) is 3.26. The zero-order valence-corrected chi connectivity index (χ0v) is 21.0. The second-order valence-corrected chi connectivity index (χ2v) is 9.69. The molecule has 0 aliphatic carbocycles. The van der Waals surface area contributed by atoms with Crippen LogP contribution in [0.2, 0.25) is 0 Å². The number of rotatable bonds is 2. The highest BCUT2D eigenvalue weighted by molar-refractivity contribution is 5.98. The first-order chi connectivity index (χ1) is 17.3. The molecule has 0 saturated carbocycles. The van der Waals surface area contributed by atoms with Gasteiger partial charge in [0.25, 0.3) is 5.56 Å². The van der Waals surface area contributed by atoms with Crippen LogP contribution < -0.4 is 16.0 Å². The smallest absolute Gasteiger partial charge is 0.331 e. The molecule has 0 unspecified atom stereocenters. The van der Waals surface area contributed by atoms with E-state index in [2.05, 4.69) is 23.6 Å². The van der Waals surface area contributed by atoms with Gasteiger partial charge in [0.15, 0.2) is 6.10 Å². The molecule has 1 aliphatic heterocycles. The number of hydrogen-bond donors (Lipinski definition) is 0. The molecule has 0 bridgehead atoms. The molecule has 1 atom stereocenters. The first-order valence-electron chi connectivity index (χ1n) is 12.0. The summed E-state index contributed by atoms with van der Waals surface area (Å²) in [4.78, 5) is 26.9. The zero-order valence-electron chi connectivity index (χ0n) is 21.0. The number of hydrogen-bond acceptors (Lipinski definition) is 3. The molecule has 6 nitrogen and oxygen atoms in total. The van der Waals surface area contributed by atoms with Gasteiger partial charge in [-0.15, -0.1) is 0 Å². The highest BCUT2D eigenvalue weighted by atomic mass is 16.5. The summed E-state index contributed by atoms with van der Waals surface area (Å²) in [5.74, 6) is 0.733. The number of fused-ring (bicyclic) bond motifs is 5. The quantitative estimate of drug-likeness (QED) is 0.355. The van der Waals surface area contributed by atoms with E-state index in [9.17, 15) is 9.59 Å². The van der Waals surface area contributed by atoms with Crippen molar-refractivity contribution in [3.8, 4) is 22.7 Å². The Kier molecular flexibility index (Phi) is 4.83. The Hall–Kier alpha value is -4.32. The number of benzene rings is 3. The number of ether oxygens (including phenoxy) is 1. The standard InChI is InChI=1S/C30H27N3O3/c1-17-10-13-20(14-11-17)25-24-26(31(4)30(35)32(5)29(24)34)27-28(21-9-7-6-8-19(21)3)36-23-15-12-18(2)16-22(23)33(25)27/h6-16,28H,1-5H3/t28-/m0/s1. The Labute approximate surface area is 208 Å². The van der Waals surface area contributed by atoms with Crippen molar-refractivity contribution >= 4 is 10.9 Å². The Morgan fingerprint density at radius 3 is 2.22 bits per heavy atom. The first-order valence-corrected chi connectivity index (χ1v) is 12.0. The average Bonchev–Trinajstić information content (AvgIpc) is 3.23. The van der Waals surface area contributed by atoms with Gasteiger partial charge in [-0.25, -0.2) is 4.79 Å². The van der Waals surface area contributed by atoms with E-state index in [-0.39, 0.29) is 11.2 Å². The van der Waals surface area contributed by atoms with Gasteiger partial charge in [0.2, 0.25) is 0 Å². The van der Waals surface area contributed by atoms with Gasteiger partial charge in [0.05, 0.1) is 28.0 Å². The fourth-order valence-electron chi connectivity index (χ4n) is 5.35. The number of aryl methyl sites for hydroxylation is 4. The van der Waals surface area contributed by atoms with Crippen molar-refractivity contribution in [2.45, 2.75) is 26.9 Å². The molecule has 0 spiro atoms. The lowest BCUT2D eigenvalue weighted by atomic mass is 9.98. The van der Waals surface area contributed by atoms with Crippen LogP contribution in [0.25, 0.3) is 27.8 Å². The Morgan fingerprint density at radius 2 is 1.50 bits per heavy atom. The van der Waals surface area contributed by atoms with Crippen molar-refractivity contribution < 1.29 is 4.74 Å². The van der Waals surface area contributed by atoms with Gasteiger partial charge < -0.3 is 9.30 Å². The molecule has 0 radical (unpaired) electrons. The van der Waals surface area contributed by atoms with E-state index in [1.165, 1.54) is 11.6 Å². The van der Waals surface area contributed by atoms with Crippen LogP contribution >= 0.6 is 0 Å². The van der Waals surface area contributed by atoms with Gasteiger partial charge in [-0.1, -0.05) is 60.2 Å². The predicted octanol–water partition coefficient (Wildman–Crippen LogP) is 5.10. The van der Waals surface area contributed by atoms with E-state index < -0.39 is 6.10 Å². The van der Waals surface area contributed by atoms with Crippen molar-refractivity contribution in [3.63, 3.8) is 0 Å². The monoisotopic (exact) mass is 477 g/mol.